The highest BCUT2D eigenvalue weighted by molar-refractivity contribution is 5.79. The standard InChI is InChI=1S/C16H23NO4/c1-12-3-5-13(6-4-12)11-17-15(19)14(7-8-18)16(2)20-9-10-21-16/h3-6,14,18H,7-11H2,1-2H3,(H,17,19)/t14-/m1/s1. The Morgan fingerprint density at radius 1 is 1.33 bits per heavy atom. The molecule has 5 nitrogen and oxygen atoms in total. The Morgan fingerprint density at radius 3 is 2.52 bits per heavy atom. The number of hydrogen-bond donors (Lipinski definition) is 2. The first kappa shape index (κ1) is 15.9. The van der Waals surface area contributed by atoms with E-state index in [1.165, 1.54) is 5.56 Å². The molecule has 5 heteroatoms. The zero-order valence-corrected chi connectivity index (χ0v) is 12.6. The van der Waals surface area contributed by atoms with Gasteiger partial charge in [-0.1, -0.05) is 29.8 Å². The SMILES string of the molecule is Cc1ccc(CNC(=O)[C@@H](CCO)C2(C)OCCO2)cc1. The molecule has 2 N–H and O–H groups in total. The fraction of sp³-hybridized carbons (Fsp3) is 0.562. The van der Waals surface area contributed by atoms with Gasteiger partial charge < -0.3 is 19.9 Å². The van der Waals surface area contributed by atoms with Crippen LogP contribution in [-0.4, -0.2) is 36.6 Å². The molecule has 1 atom stereocenters. The van der Waals surface area contributed by atoms with E-state index < -0.39 is 11.7 Å². The van der Waals surface area contributed by atoms with E-state index in [1.807, 2.05) is 31.2 Å². The van der Waals surface area contributed by atoms with Crippen LogP contribution in [-0.2, 0) is 20.8 Å². The second kappa shape index (κ2) is 7.02. The van der Waals surface area contributed by atoms with Gasteiger partial charge in [-0.2, -0.15) is 0 Å². The zero-order chi connectivity index (χ0) is 15.3. The Kier molecular flexibility index (Phi) is 5.33. The largest absolute Gasteiger partial charge is 0.396 e. The summed E-state index contributed by atoms with van der Waals surface area (Å²) in [6.07, 6.45) is 0.316. The molecule has 116 valence electrons. The Morgan fingerprint density at radius 2 is 1.95 bits per heavy atom. The minimum absolute atomic E-state index is 0.0784. The summed E-state index contributed by atoms with van der Waals surface area (Å²) in [5.41, 5.74) is 2.22. The number of aryl methyl sites for hydroxylation is 1. The number of carbonyl (C=O) groups excluding carboxylic acids is 1. The third-order valence-electron chi connectivity index (χ3n) is 3.82. The maximum Gasteiger partial charge on any atom is 0.228 e. The minimum Gasteiger partial charge on any atom is -0.396 e. The van der Waals surface area contributed by atoms with Crippen LogP contribution >= 0.6 is 0 Å². The number of ether oxygens (including phenoxy) is 2. The van der Waals surface area contributed by atoms with Crippen LogP contribution < -0.4 is 5.32 Å². The molecule has 1 aliphatic heterocycles. The van der Waals surface area contributed by atoms with Crippen molar-refractivity contribution < 1.29 is 19.4 Å². The van der Waals surface area contributed by atoms with Gasteiger partial charge in [0, 0.05) is 13.2 Å². The molecule has 2 rings (SSSR count). The molecular weight excluding hydrogens is 270 g/mol. The number of benzene rings is 1. The summed E-state index contributed by atoms with van der Waals surface area (Å²) in [5, 5.41) is 12.1. The average Bonchev–Trinajstić information content (AvgIpc) is 2.91. The van der Waals surface area contributed by atoms with Gasteiger partial charge in [0.05, 0.1) is 19.1 Å². The van der Waals surface area contributed by atoms with Crippen molar-refractivity contribution >= 4 is 5.91 Å². The van der Waals surface area contributed by atoms with E-state index in [9.17, 15) is 9.90 Å². The van der Waals surface area contributed by atoms with Crippen molar-refractivity contribution in [2.24, 2.45) is 5.92 Å². The first-order chi connectivity index (χ1) is 10.0. The smallest absolute Gasteiger partial charge is 0.228 e. The Balaban J connectivity index is 1.96. The first-order valence-electron chi connectivity index (χ1n) is 7.27. The third kappa shape index (κ3) is 4.03. The van der Waals surface area contributed by atoms with Gasteiger partial charge in [0.1, 0.15) is 0 Å². The van der Waals surface area contributed by atoms with Crippen molar-refractivity contribution in [1.82, 2.24) is 5.32 Å². The Hall–Kier alpha value is -1.43. The van der Waals surface area contributed by atoms with E-state index in [2.05, 4.69) is 5.32 Å². The molecule has 1 heterocycles. The van der Waals surface area contributed by atoms with Gasteiger partial charge in [0.25, 0.3) is 0 Å². The number of rotatable bonds is 6. The van der Waals surface area contributed by atoms with Gasteiger partial charge in [-0.3, -0.25) is 4.79 Å². The Bertz CT molecular complexity index is 466. The third-order valence-corrected chi connectivity index (χ3v) is 3.82. The van der Waals surface area contributed by atoms with E-state index in [4.69, 9.17) is 9.47 Å². The fourth-order valence-electron chi connectivity index (χ4n) is 2.51. The Labute approximate surface area is 125 Å². The molecular formula is C16H23NO4. The summed E-state index contributed by atoms with van der Waals surface area (Å²) in [5.74, 6) is -1.62. The van der Waals surface area contributed by atoms with E-state index in [0.29, 0.717) is 26.2 Å². The number of carbonyl (C=O) groups is 1. The molecule has 0 radical (unpaired) electrons. The lowest BCUT2D eigenvalue weighted by Crippen LogP contribution is -2.46. The van der Waals surface area contributed by atoms with Crippen molar-refractivity contribution in [1.29, 1.82) is 0 Å². The normalized spacial score (nSPS) is 18.4. The molecule has 1 fully saturated rings. The van der Waals surface area contributed by atoms with Crippen molar-refractivity contribution in [3.05, 3.63) is 35.4 Å². The number of hydrogen-bond acceptors (Lipinski definition) is 4. The van der Waals surface area contributed by atoms with E-state index in [0.717, 1.165) is 5.56 Å². The predicted molar refractivity (Wildman–Crippen MR) is 78.5 cm³/mol. The molecule has 1 amide bonds. The summed E-state index contributed by atoms with van der Waals surface area (Å²) >= 11 is 0. The highest BCUT2D eigenvalue weighted by Gasteiger charge is 2.43. The lowest BCUT2D eigenvalue weighted by atomic mass is 9.95. The van der Waals surface area contributed by atoms with Gasteiger partial charge in [0.2, 0.25) is 5.91 Å². The van der Waals surface area contributed by atoms with Crippen LogP contribution in [0.3, 0.4) is 0 Å². The lowest BCUT2D eigenvalue weighted by molar-refractivity contribution is -0.189. The maximum atomic E-state index is 12.4. The summed E-state index contributed by atoms with van der Waals surface area (Å²) in [6, 6.07) is 8.00. The molecule has 0 saturated carbocycles. The van der Waals surface area contributed by atoms with Crippen LogP contribution in [0.1, 0.15) is 24.5 Å². The van der Waals surface area contributed by atoms with Gasteiger partial charge in [0.15, 0.2) is 5.79 Å². The highest BCUT2D eigenvalue weighted by atomic mass is 16.7. The second-order valence-corrected chi connectivity index (χ2v) is 5.48. The van der Waals surface area contributed by atoms with Crippen molar-refractivity contribution in [3.8, 4) is 0 Å². The fourth-order valence-corrected chi connectivity index (χ4v) is 2.51. The molecule has 21 heavy (non-hydrogen) atoms. The van der Waals surface area contributed by atoms with Crippen molar-refractivity contribution in [2.45, 2.75) is 32.6 Å². The minimum atomic E-state index is -0.944. The van der Waals surface area contributed by atoms with Crippen molar-refractivity contribution in [3.63, 3.8) is 0 Å². The maximum absolute atomic E-state index is 12.4. The lowest BCUT2D eigenvalue weighted by Gasteiger charge is -2.30. The molecule has 0 unspecified atom stereocenters. The van der Waals surface area contributed by atoms with E-state index >= 15 is 0 Å². The predicted octanol–water partition coefficient (Wildman–Crippen LogP) is 1.37. The number of nitrogens with one attached hydrogen (secondary N) is 1. The molecule has 1 aromatic carbocycles. The van der Waals surface area contributed by atoms with Crippen LogP contribution in [0.25, 0.3) is 0 Å². The number of aliphatic hydroxyl groups is 1. The monoisotopic (exact) mass is 293 g/mol. The summed E-state index contributed by atoms with van der Waals surface area (Å²) in [6.45, 7) is 5.11. The van der Waals surface area contributed by atoms with Gasteiger partial charge in [-0.05, 0) is 25.8 Å². The van der Waals surface area contributed by atoms with Gasteiger partial charge in [-0.25, -0.2) is 0 Å². The van der Waals surface area contributed by atoms with Crippen LogP contribution in [0, 0.1) is 12.8 Å². The number of amides is 1. The van der Waals surface area contributed by atoms with E-state index in [1.54, 1.807) is 6.92 Å². The molecule has 0 bridgehead atoms. The topological polar surface area (TPSA) is 67.8 Å². The summed E-state index contributed by atoms with van der Waals surface area (Å²) in [4.78, 5) is 12.4. The summed E-state index contributed by atoms with van der Waals surface area (Å²) < 4.78 is 11.1. The molecule has 1 aromatic rings. The van der Waals surface area contributed by atoms with Gasteiger partial charge in [-0.15, -0.1) is 0 Å². The average molecular weight is 293 g/mol. The molecule has 0 aliphatic carbocycles. The summed E-state index contributed by atoms with van der Waals surface area (Å²) in [7, 11) is 0. The van der Waals surface area contributed by atoms with Crippen LogP contribution in [0.2, 0.25) is 0 Å². The zero-order valence-electron chi connectivity index (χ0n) is 12.6. The highest BCUT2D eigenvalue weighted by Crippen LogP contribution is 2.30. The van der Waals surface area contributed by atoms with E-state index in [-0.39, 0.29) is 12.5 Å². The van der Waals surface area contributed by atoms with Crippen LogP contribution in [0.15, 0.2) is 24.3 Å². The molecule has 0 spiro atoms. The first-order valence-corrected chi connectivity index (χ1v) is 7.27. The van der Waals surface area contributed by atoms with Crippen LogP contribution in [0.5, 0.6) is 0 Å². The molecule has 0 aromatic heterocycles. The van der Waals surface area contributed by atoms with Gasteiger partial charge >= 0.3 is 0 Å². The van der Waals surface area contributed by atoms with Crippen LogP contribution in [0.4, 0.5) is 0 Å². The number of aliphatic hydroxyl groups excluding tert-OH is 1. The quantitative estimate of drug-likeness (QED) is 0.831. The molecule has 1 aliphatic rings. The second-order valence-electron chi connectivity index (χ2n) is 5.48. The van der Waals surface area contributed by atoms with Crippen molar-refractivity contribution in [2.75, 3.05) is 19.8 Å². The molecule has 1 saturated heterocycles.